The summed E-state index contributed by atoms with van der Waals surface area (Å²) in [7, 11) is 1.94. The Balaban J connectivity index is 2.47. The van der Waals surface area contributed by atoms with Crippen molar-refractivity contribution >= 4 is 11.7 Å². The first-order valence-electron chi connectivity index (χ1n) is 6.50. The Bertz CT molecular complexity index is 346. The van der Waals surface area contributed by atoms with E-state index in [9.17, 15) is 9.59 Å². The topological polar surface area (TPSA) is 49.4 Å². The first-order chi connectivity index (χ1) is 8.56. The molecule has 2 atom stereocenters. The highest BCUT2D eigenvalue weighted by Crippen LogP contribution is 2.15. The molecule has 1 saturated heterocycles. The van der Waals surface area contributed by atoms with Crippen molar-refractivity contribution in [2.75, 3.05) is 13.6 Å². The molecule has 18 heavy (non-hydrogen) atoms. The molecule has 4 heteroatoms. The van der Waals surface area contributed by atoms with Gasteiger partial charge in [-0.15, -0.1) is 12.3 Å². The van der Waals surface area contributed by atoms with Gasteiger partial charge in [-0.05, 0) is 46.2 Å². The van der Waals surface area contributed by atoms with Crippen molar-refractivity contribution in [1.82, 2.24) is 10.2 Å². The van der Waals surface area contributed by atoms with Crippen molar-refractivity contribution in [3.63, 3.8) is 0 Å². The van der Waals surface area contributed by atoms with Crippen LogP contribution in [0.4, 0.5) is 0 Å². The molecule has 0 radical (unpaired) electrons. The highest BCUT2D eigenvalue weighted by molar-refractivity contribution is 5.89. The van der Waals surface area contributed by atoms with E-state index in [1.54, 1.807) is 0 Å². The van der Waals surface area contributed by atoms with Gasteiger partial charge in [0.25, 0.3) is 0 Å². The maximum Gasteiger partial charge on any atom is 0.237 e. The van der Waals surface area contributed by atoms with E-state index in [0.29, 0.717) is 12.8 Å². The normalized spacial score (nSPS) is 21.3. The maximum atomic E-state index is 12.1. The van der Waals surface area contributed by atoms with Crippen molar-refractivity contribution in [1.29, 1.82) is 0 Å². The van der Waals surface area contributed by atoms with Crippen molar-refractivity contribution < 1.29 is 9.59 Å². The van der Waals surface area contributed by atoms with Crippen molar-refractivity contribution in [2.24, 2.45) is 0 Å². The first-order valence-corrected chi connectivity index (χ1v) is 6.50. The van der Waals surface area contributed by atoms with E-state index in [-0.39, 0.29) is 23.8 Å². The van der Waals surface area contributed by atoms with Crippen LogP contribution in [0.5, 0.6) is 0 Å². The number of unbranched alkanes of at least 4 members (excludes halogenated alkanes) is 1. The Morgan fingerprint density at radius 2 is 2.28 bits per heavy atom. The smallest absolute Gasteiger partial charge is 0.237 e. The molecule has 0 saturated carbocycles. The van der Waals surface area contributed by atoms with Gasteiger partial charge in [0.2, 0.25) is 5.91 Å². The summed E-state index contributed by atoms with van der Waals surface area (Å²) in [5.74, 6) is 2.51. The third kappa shape index (κ3) is 4.15. The average molecular weight is 250 g/mol. The third-order valence-corrected chi connectivity index (χ3v) is 3.44. The lowest BCUT2D eigenvalue weighted by molar-refractivity contribution is -0.129. The molecular weight excluding hydrogens is 228 g/mol. The molecule has 0 aliphatic carbocycles. The van der Waals surface area contributed by atoms with Crippen LogP contribution in [0.2, 0.25) is 0 Å². The molecule has 0 aromatic carbocycles. The number of nitrogens with zero attached hydrogens (tertiary/aromatic N) is 1. The molecule has 1 amide bonds. The number of nitrogens with one attached hydrogen (secondary N) is 1. The molecule has 0 bridgehead atoms. The Hall–Kier alpha value is -1.34. The molecule has 4 nitrogen and oxygen atoms in total. The van der Waals surface area contributed by atoms with Gasteiger partial charge in [-0.2, -0.15) is 0 Å². The zero-order valence-electron chi connectivity index (χ0n) is 11.2. The van der Waals surface area contributed by atoms with Crippen molar-refractivity contribution in [3.05, 3.63) is 0 Å². The van der Waals surface area contributed by atoms with E-state index in [1.807, 2.05) is 11.9 Å². The van der Waals surface area contributed by atoms with Crippen LogP contribution in [0.1, 0.15) is 39.0 Å². The lowest BCUT2D eigenvalue weighted by Gasteiger charge is -2.22. The number of carbonyl (C=O) groups is 2. The number of Topliss-reactive ketones (excluding diaryl/α,β-unsaturated/α-hetero) is 1. The number of terminal acetylenes is 1. The number of likely N-dealkylation sites (tertiary alicyclic amines) is 1. The fourth-order valence-electron chi connectivity index (χ4n) is 2.29. The van der Waals surface area contributed by atoms with Gasteiger partial charge in [-0.25, -0.2) is 0 Å². The molecule has 1 rings (SSSR count). The van der Waals surface area contributed by atoms with E-state index in [1.165, 1.54) is 6.92 Å². The second-order valence-corrected chi connectivity index (χ2v) is 4.91. The number of likely N-dealkylation sites (N-methyl/N-ethyl adjacent to an activating group) is 1. The summed E-state index contributed by atoms with van der Waals surface area (Å²) in [6.07, 6.45) is 9.13. The zero-order chi connectivity index (χ0) is 13.5. The Labute approximate surface area is 109 Å². The minimum absolute atomic E-state index is 0.000946. The van der Waals surface area contributed by atoms with Crippen molar-refractivity contribution in [2.45, 2.75) is 51.1 Å². The average Bonchev–Trinajstić information content (AvgIpc) is 2.74. The largest absolute Gasteiger partial charge is 0.345 e. The predicted octanol–water partition coefficient (Wildman–Crippen LogP) is 0.958. The van der Waals surface area contributed by atoms with E-state index in [2.05, 4.69) is 11.2 Å². The lowest BCUT2D eigenvalue weighted by Crippen LogP contribution is -2.48. The van der Waals surface area contributed by atoms with Gasteiger partial charge in [0, 0.05) is 6.42 Å². The van der Waals surface area contributed by atoms with Gasteiger partial charge < -0.3 is 5.32 Å². The van der Waals surface area contributed by atoms with Crippen LogP contribution in [0.3, 0.4) is 0 Å². The van der Waals surface area contributed by atoms with Gasteiger partial charge in [0.1, 0.15) is 0 Å². The molecule has 2 unspecified atom stereocenters. The molecule has 0 spiro atoms. The van der Waals surface area contributed by atoms with Crippen molar-refractivity contribution in [3.8, 4) is 12.3 Å². The van der Waals surface area contributed by atoms with E-state index in [4.69, 9.17) is 6.42 Å². The summed E-state index contributed by atoms with van der Waals surface area (Å²) in [6, 6.07) is -0.473. The Morgan fingerprint density at radius 1 is 1.56 bits per heavy atom. The fourth-order valence-corrected chi connectivity index (χ4v) is 2.29. The summed E-state index contributed by atoms with van der Waals surface area (Å²) in [4.78, 5) is 25.6. The highest BCUT2D eigenvalue weighted by atomic mass is 16.2. The van der Waals surface area contributed by atoms with Crippen LogP contribution in [0, 0.1) is 12.3 Å². The summed E-state index contributed by atoms with van der Waals surface area (Å²) in [5.41, 5.74) is 0. The Morgan fingerprint density at radius 3 is 2.78 bits per heavy atom. The predicted molar refractivity (Wildman–Crippen MR) is 70.9 cm³/mol. The van der Waals surface area contributed by atoms with Gasteiger partial charge >= 0.3 is 0 Å². The fraction of sp³-hybridized carbons (Fsp3) is 0.714. The van der Waals surface area contributed by atoms with E-state index >= 15 is 0 Å². The number of hydrogen-bond donors (Lipinski definition) is 1. The number of rotatable bonds is 6. The summed E-state index contributed by atoms with van der Waals surface area (Å²) >= 11 is 0. The zero-order valence-corrected chi connectivity index (χ0v) is 11.2. The number of hydrogen-bond acceptors (Lipinski definition) is 3. The van der Waals surface area contributed by atoms with Crippen LogP contribution in [-0.4, -0.2) is 42.3 Å². The minimum Gasteiger partial charge on any atom is -0.345 e. The minimum atomic E-state index is -0.389. The molecule has 1 heterocycles. The standard InChI is InChI=1S/C14H22N2O2/c1-4-5-6-8-12(11(2)17)15-14(18)13-9-7-10-16(13)3/h1,12-13H,5-10H2,2-3H3,(H,15,18). The highest BCUT2D eigenvalue weighted by Gasteiger charge is 2.29. The van der Waals surface area contributed by atoms with Crippen LogP contribution < -0.4 is 5.32 Å². The lowest BCUT2D eigenvalue weighted by atomic mass is 10.1. The molecule has 1 aliphatic rings. The molecule has 1 aliphatic heterocycles. The quantitative estimate of drug-likeness (QED) is 0.564. The molecule has 0 aromatic rings. The molecular formula is C14H22N2O2. The van der Waals surface area contributed by atoms with E-state index < -0.39 is 0 Å². The van der Waals surface area contributed by atoms with Crippen LogP contribution in [0.15, 0.2) is 0 Å². The SMILES string of the molecule is C#CCCCC(NC(=O)C1CCCN1C)C(C)=O. The van der Waals surface area contributed by atoms with Gasteiger partial charge in [-0.3, -0.25) is 14.5 Å². The van der Waals surface area contributed by atoms with E-state index in [0.717, 1.165) is 25.8 Å². The van der Waals surface area contributed by atoms with Crippen LogP contribution in [0.25, 0.3) is 0 Å². The summed E-state index contributed by atoms with van der Waals surface area (Å²) in [6.45, 7) is 2.46. The molecule has 1 N–H and O–H groups in total. The van der Waals surface area contributed by atoms with Crippen LogP contribution >= 0.6 is 0 Å². The third-order valence-electron chi connectivity index (χ3n) is 3.44. The second-order valence-electron chi connectivity index (χ2n) is 4.91. The monoisotopic (exact) mass is 250 g/mol. The number of carbonyl (C=O) groups excluding carboxylic acids is 2. The second kappa shape index (κ2) is 7.17. The summed E-state index contributed by atoms with van der Waals surface area (Å²) in [5, 5.41) is 2.85. The van der Waals surface area contributed by atoms with Crippen LogP contribution in [-0.2, 0) is 9.59 Å². The Kier molecular flexibility index (Phi) is 5.87. The van der Waals surface area contributed by atoms with Gasteiger partial charge in [0.05, 0.1) is 12.1 Å². The first kappa shape index (κ1) is 14.7. The molecule has 1 fully saturated rings. The molecule has 100 valence electrons. The number of ketones is 1. The summed E-state index contributed by atoms with van der Waals surface area (Å²) < 4.78 is 0. The molecule has 0 aromatic heterocycles. The van der Waals surface area contributed by atoms with Gasteiger partial charge in [-0.1, -0.05) is 0 Å². The maximum absolute atomic E-state index is 12.1. The van der Waals surface area contributed by atoms with Gasteiger partial charge in [0.15, 0.2) is 5.78 Å². The number of amides is 1.